The number of fused-ring (bicyclic) bond motifs is 1. The van der Waals surface area contributed by atoms with Gasteiger partial charge in [-0.25, -0.2) is 9.50 Å². The van der Waals surface area contributed by atoms with Crippen LogP contribution in [0.3, 0.4) is 0 Å². The van der Waals surface area contributed by atoms with Crippen molar-refractivity contribution in [2.75, 3.05) is 27.2 Å². The molecule has 1 atom stereocenters. The summed E-state index contributed by atoms with van der Waals surface area (Å²) in [5.74, 6) is -0.0509. The normalized spacial score (nSPS) is 17.8. The minimum Gasteiger partial charge on any atom is -0.333 e. The zero-order chi connectivity index (χ0) is 21.5. The summed E-state index contributed by atoms with van der Waals surface area (Å²) in [6.45, 7) is 0.823. The Hall–Kier alpha value is -2.46. The van der Waals surface area contributed by atoms with Gasteiger partial charge in [-0.3, -0.25) is 4.79 Å². The molecule has 3 aromatic rings. The predicted molar refractivity (Wildman–Crippen MR) is 108 cm³/mol. The Labute approximate surface area is 175 Å². The topological polar surface area (TPSA) is 53.7 Å². The van der Waals surface area contributed by atoms with E-state index in [0.29, 0.717) is 23.5 Å². The highest BCUT2D eigenvalue weighted by Gasteiger charge is 2.37. The van der Waals surface area contributed by atoms with Crippen molar-refractivity contribution < 1.29 is 18.0 Å². The predicted octanol–water partition coefficient (Wildman–Crippen LogP) is 4.09. The van der Waals surface area contributed by atoms with Gasteiger partial charge in [0.05, 0.1) is 28.9 Å². The van der Waals surface area contributed by atoms with Gasteiger partial charge in [0.25, 0.3) is 0 Å². The van der Waals surface area contributed by atoms with E-state index in [0.717, 1.165) is 23.4 Å². The first kappa shape index (κ1) is 20.8. The van der Waals surface area contributed by atoms with Crippen molar-refractivity contribution in [2.24, 2.45) is 0 Å². The molecule has 1 amide bonds. The van der Waals surface area contributed by atoms with Gasteiger partial charge in [-0.15, -0.1) is 11.3 Å². The molecule has 1 aliphatic rings. The molecule has 10 heteroatoms. The van der Waals surface area contributed by atoms with Crippen LogP contribution in [0.1, 0.15) is 36.7 Å². The number of rotatable bonds is 4. The number of hydrogen-bond donors (Lipinski definition) is 0. The van der Waals surface area contributed by atoms with E-state index >= 15 is 0 Å². The van der Waals surface area contributed by atoms with Crippen LogP contribution in [0.2, 0.25) is 0 Å². The summed E-state index contributed by atoms with van der Waals surface area (Å²) >= 11 is 1.33. The number of halogens is 3. The second-order valence-corrected chi connectivity index (χ2v) is 8.63. The summed E-state index contributed by atoms with van der Waals surface area (Å²) in [6.07, 6.45) is -2.15. The monoisotopic (exact) mass is 437 g/mol. The number of thiophene rings is 1. The third kappa shape index (κ3) is 4.06. The zero-order valence-electron chi connectivity index (χ0n) is 16.7. The van der Waals surface area contributed by atoms with Gasteiger partial charge in [0, 0.05) is 12.6 Å². The molecule has 0 N–H and O–H groups in total. The van der Waals surface area contributed by atoms with E-state index < -0.39 is 11.9 Å². The summed E-state index contributed by atoms with van der Waals surface area (Å²) in [4.78, 5) is 21.3. The maximum absolute atomic E-state index is 13.8. The Bertz CT molecular complexity index is 1040. The Morgan fingerprint density at radius 2 is 2.10 bits per heavy atom. The molecule has 4 rings (SSSR count). The number of piperidine rings is 1. The maximum atomic E-state index is 13.8. The molecular formula is C20H22F3N5OS. The number of amides is 1. The minimum absolute atomic E-state index is 0.0509. The lowest BCUT2D eigenvalue weighted by Crippen LogP contribution is -2.43. The van der Waals surface area contributed by atoms with Crippen LogP contribution in [-0.2, 0) is 11.0 Å². The van der Waals surface area contributed by atoms with Gasteiger partial charge in [-0.2, -0.15) is 18.3 Å². The Kier molecular flexibility index (Phi) is 5.54. The van der Waals surface area contributed by atoms with Gasteiger partial charge in [-0.1, -0.05) is 6.07 Å². The highest BCUT2D eigenvalue weighted by Crippen LogP contribution is 2.36. The van der Waals surface area contributed by atoms with Gasteiger partial charge in [0.1, 0.15) is 0 Å². The number of likely N-dealkylation sites (N-methyl/N-ethyl adjacent to an activating group) is 1. The number of likely N-dealkylation sites (tertiary alicyclic amines) is 1. The van der Waals surface area contributed by atoms with Gasteiger partial charge in [0.2, 0.25) is 5.91 Å². The quantitative estimate of drug-likeness (QED) is 0.617. The van der Waals surface area contributed by atoms with Crippen LogP contribution >= 0.6 is 11.3 Å². The van der Waals surface area contributed by atoms with Crippen LogP contribution in [-0.4, -0.2) is 57.5 Å². The second kappa shape index (κ2) is 7.99. The largest absolute Gasteiger partial charge is 0.433 e. The van der Waals surface area contributed by atoms with Crippen molar-refractivity contribution in [3.63, 3.8) is 0 Å². The summed E-state index contributed by atoms with van der Waals surface area (Å²) in [5.41, 5.74) is -0.0264. The van der Waals surface area contributed by atoms with Crippen molar-refractivity contribution in [3.05, 3.63) is 41.0 Å². The molecule has 0 aliphatic carbocycles. The fourth-order valence-corrected chi connectivity index (χ4v) is 4.49. The van der Waals surface area contributed by atoms with E-state index in [2.05, 4.69) is 10.1 Å². The molecule has 6 nitrogen and oxygen atoms in total. The molecule has 0 aromatic carbocycles. The first-order valence-corrected chi connectivity index (χ1v) is 10.6. The summed E-state index contributed by atoms with van der Waals surface area (Å²) in [5, 5.41) is 6.07. The number of alkyl halides is 3. The fourth-order valence-electron chi connectivity index (χ4n) is 3.81. The summed E-state index contributed by atoms with van der Waals surface area (Å²) in [6, 6.07) is 5.78. The average Bonchev–Trinajstić information content (AvgIpc) is 3.35. The number of carbonyl (C=O) groups is 1. The molecule has 3 aromatic heterocycles. The van der Waals surface area contributed by atoms with Crippen molar-refractivity contribution in [2.45, 2.75) is 31.5 Å². The van der Waals surface area contributed by atoms with E-state index in [9.17, 15) is 18.0 Å². The molecule has 30 heavy (non-hydrogen) atoms. The Balaban J connectivity index is 1.79. The smallest absolute Gasteiger partial charge is 0.333 e. The van der Waals surface area contributed by atoms with Gasteiger partial charge in [-0.05, 0) is 50.9 Å². The molecule has 0 saturated carbocycles. The van der Waals surface area contributed by atoms with E-state index in [1.807, 2.05) is 14.1 Å². The molecule has 0 bridgehead atoms. The molecule has 1 saturated heterocycles. The highest BCUT2D eigenvalue weighted by atomic mass is 32.1. The molecule has 1 unspecified atom stereocenters. The molecular weight excluding hydrogens is 415 g/mol. The first-order chi connectivity index (χ1) is 14.2. The summed E-state index contributed by atoms with van der Waals surface area (Å²) in [7, 11) is 3.63. The van der Waals surface area contributed by atoms with Crippen molar-refractivity contribution >= 4 is 22.9 Å². The fraction of sp³-hybridized carbons (Fsp3) is 0.450. The average molecular weight is 437 g/mol. The van der Waals surface area contributed by atoms with Gasteiger partial charge >= 0.3 is 6.18 Å². The van der Waals surface area contributed by atoms with Crippen molar-refractivity contribution in [1.82, 2.24) is 24.4 Å². The van der Waals surface area contributed by atoms with Crippen molar-refractivity contribution in [3.8, 4) is 10.6 Å². The lowest BCUT2D eigenvalue weighted by Gasteiger charge is -2.35. The van der Waals surface area contributed by atoms with Gasteiger partial charge < -0.3 is 9.80 Å². The van der Waals surface area contributed by atoms with E-state index in [1.165, 1.54) is 11.3 Å². The molecule has 160 valence electrons. The second-order valence-electron chi connectivity index (χ2n) is 7.68. The number of hydrogen-bond acceptors (Lipinski definition) is 5. The van der Waals surface area contributed by atoms with E-state index in [4.69, 9.17) is 0 Å². The SMILES string of the molecule is CN(C)CC(=O)N1CCCCC1c1cc2nc(-c3cccs3)cc(C(F)(F)F)n2n1. The zero-order valence-corrected chi connectivity index (χ0v) is 17.5. The molecule has 4 heterocycles. The van der Waals surface area contributed by atoms with Crippen molar-refractivity contribution in [1.29, 1.82) is 0 Å². The molecule has 1 fully saturated rings. The lowest BCUT2D eigenvalue weighted by molar-refractivity contribution is -0.142. The van der Waals surface area contributed by atoms with Crippen LogP contribution in [0.5, 0.6) is 0 Å². The van der Waals surface area contributed by atoms with Crippen LogP contribution in [0.25, 0.3) is 16.2 Å². The lowest BCUT2D eigenvalue weighted by atomic mass is 9.99. The van der Waals surface area contributed by atoms with E-state index in [1.54, 1.807) is 33.4 Å². The van der Waals surface area contributed by atoms with E-state index in [-0.39, 0.29) is 29.8 Å². The minimum atomic E-state index is -4.58. The number of aromatic nitrogens is 3. The van der Waals surface area contributed by atoms with Gasteiger partial charge in [0.15, 0.2) is 11.3 Å². The molecule has 0 spiro atoms. The highest BCUT2D eigenvalue weighted by molar-refractivity contribution is 7.13. The summed E-state index contributed by atoms with van der Waals surface area (Å²) < 4.78 is 42.2. The third-order valence-corrected chi connectivity index (χ3v) is 6.02. The standard InChI is InChI=1S/C20H22F3N5OS/c1-26(2)12-19(29)27-8-4-3-6-15(27)13-11-18-24-14(16-7-5-9-30-16)10-17(20(21,22)23)28(18)25-13/h5,7,9-11,15H,3-4,6,8,12H2,1-2H3. The van der Waals surface area contributed by atoms with Crippen LogP contribution < -0.4 is 0 Å². The molecule has 1 aliphatic heterocycles. The first-order valence-electron chi connectivity index (χ1n) is 9.70. The van der Waals surface area contributed by atoms with Crippen LogP contribution in [0.4, 0.5) is 13.2 Å². The molecule has 0 radical (unpaired) electrons. The third-order valence-electron chi connectivity index (χ3n) is 5.13. The maximum Gasteiger partial charge on any atom is 0.433 e. The Morgan fingerprint density at radius 3 is 2.77 bits per heavy atom. The Morgan fingerprint density at radius 1 is 1.30 bits per heavy atom. The van der Waals surface area contributed by atoms with Crippen LogP contribution in [0, 0.1) is 0 Å². The van der Waals surface area contributed by atoms with Crippen LogP contribution in [0.15, 0.2) is 29.6 Å². The number of nitrogens with zero attached hydrogens (tertiary/aromatic N) is 5. The number of carbonyl (C=O) groups excluding carboxylic acids is 1.